The summed E-state index contributed by atoms with van der Waals surface area (Å²) in [5.74, 6) is 2.36. The molecule has 6 atom stereocenters. The number of amides is 1. The van der Waals surface area contributed by atoms with Gasteiger partial charge in [-0.05, 0) is 112 Å². The van der Waals surface area contributed by atoms with Gasteiger partial charge in [-0.3, -0.25) is 4.79 Å². The molecule has 2 saturated carbocycles. The molecule has 1 aromatic heterocycles. The van der Waals surface area contributed by atoms with Crippen LogP contribution in [0.4, 0.5) is 5.13 Å². The van der Waals surface area contributed by atoms with Crippen molar-refractivity contribution >= 4 is 34.1 Å². The predicted octanol–water partition coefficient (Wildman–Crippen LogP) is 5.61. The first kappa shape index (κ1) is 27.4. The van der Waals surface area contributed by atoms with Crippen molar-refractivity contribution < 1.29 is 19.2 Å². The van der Waals surface area contributed by atoms with Gasteiger partial charge < -0.3 is 20.2 Å². The van der Waals surface area contributed by atoms with E-state index in [-0.39, 0.29) is 23.3 Å². The van der Waals surface area contributed by atoms with Gasteiger partial charge in [-0.2, -0.15) is 0 Å². The van der Waals surface area contributed by atoms with Gasteiger partial charge in [0.25, 0.3) is 0 Å². The minimum atomic E-state index is -0.188. The lowest BCUT2D eigenvalue weighted by Crippen LogP contribution is -2.44. The van der Waals surface area contributed by atoms with Gasteiger partial charge in [0.15, 0.2) is 5.13 Å². The molecule has 1 aromatic carbocycles. The summed E-state index contributed by atoms with van der Waals surface area (Å²) in [6.45, 7) is 5.24. The minimum absolute atomic E-state index is 0.00794. The van der Waals surface area contributed by atoms with Crippen LogP contribution in [0.15, 0.2) is 29.6 Å². The number of esters is 1. The Balaban J connectivity index is 1.19. The Kier molecular flexibility index (Phi) is 7.70. The topological polar surface area (TPSA) is 102 Å². The number of ether oxygens (including phenoxy) is 1. The van der Waals surface area contributed by atoms with E-state index in [1.54, 1.807) is 13.3 Å². The molecule has 9 heteroatoms. The summed E-state index contributed by atoms with van der Waals surface area (Å²) in [6, 6.07) is 6.10. The Hall–Kier alpha value is -2.78. The molecule has 0 radical (unpaired) electrons. The lowest BCUT2D eigenvalue weighted by Gasteiger charge is -2.50. The number of carbonyl (C=O) groups is 2. The number of thiazole rings is 1. The molecule has 1 saturated heterocycles. The molecule has 2 aromatic rings. The first-order chi connectivity index (χ1) is 19.4. The van der Waals surface area contributed by atoms with Crippen molar-refractivity contribution in [2.24, 2.45) is 28.3 Å². The lowest BCUT2D eigenvalue weighted by atomic mass is 9.54. The van der Waals surface area contributed by atoms with Gasteiger partial charge in [-0.1, -0.05) is 18.1 Å². The fraction of sp³-hybridized carbons (Fsp3) is 0.613. The molecule has 6 rings (SSSR count). The van der Waals surface area contributed by atoms with E-state index in [9.17, 15) is 9.59 Å². The van der Waals surface area contributed by atoms with Gasteiger partial charge in [0.2, 0.25) is 5.91 Å². The number of oxime groups is 1. The van der Waals surface area contributed by atoms with Crippen molar-refractivity contribution in [1.29, 1.82) is 0 Å². The van der Waals surface area contributed by atoms with Crippen LogP contribution in [0.1, 0.15) is 80.2 Å². The van der Waals surface area contributed by atoms with Crippen LogP contribution in [-0.2, 0) is 20.8 Å². The van der Waals surface area contributed by atoms with E-state index in [0.717, 1.165) is 68.5 Å². The van der Waals surface area contributed by atoms with Crippen molar-refractivity contribution in [2.75, 3.05) is 19.0 Å². The monoisotopic (exact) mass is 564 g/mol. The second kappa shape index (κ2) is 11.2. The molecule has 8 nitrogen and oxygen atoms in total. The highest BCUT2D eigenvalue weighted by molar-refractivity contribution is 7.15. The molecule has 0 bridgehead atoms. The molecule has 3 fully saturated rings. The zero-order valence-corrected chi connectivity index (χ0v) is 24.5. The number of carbonyl (C=O) groups excluding carboxylic acids is 2. The lowest BCUT2D eigenvalue weighted by molar-refractivity contribution is -0.136. The fourth-order valence-corrected chi connectivity index (χ4v) is 8.88. The Labute approximate surface area is 240 Å². The molecular weight excluding hydrogens is 524 g/mol. The fourth-order valence-electron chi connectivity index (χ4n) is 8.20. The van der Waals surface area contributed by atoms with Gasteiger partial charge in [0.05, 0.1) is 5.71 Å². The normalized spacial score (nSPS) is 31.8. The zero-order chi connectivity index (χ0) is 27.9. The van der Waals surface area contributed by atoms with Crippen LogP contribution in [0.25, 0.3) is 0 Å². The molecular formula is C31H40N4O4S. The molecule has 214 valence electrons. The van der Waals surface area contributed by atoms with Crippen molar-refractivity contribution in [2.45, 2.75) is 83.6 Å². The highest BCUT2D eigenvalue weighted by Crippen LogP contribution is 2.62. The van der Waals surface area contributed by atoms with Crippen molar-refractivity contribution in [1.82, 2.24) is 10.3 Å². The van der Waals surface area contributed by atoms with Crippen molar-refractivity contribution in [3.8, 4) is 5.75 Å². The SMILES string of the molecule is CO/N=C1\C[C@@H](CCC(=O)Nc2ncc(C)s2)C2C3CCc4cc(OC(=O)[C@@H]5CCCN5)ccc4C3CC[C@]12C. The average Bonchev–Trinajstić information content (AvgIpc) is 3.68. The van der Waals surface area contributed by atoms with Crippen LogP contribution in [0.5, 0.6) is 5.75 Å². The highest BCUT2D eigenvalue weighted by Gasteiger charge is 2.57. The standard InChI is InChI=1S/C31H40N4O4S/c1-18-17-33-30(40-18)34-27(36)11-7-20-16-26(35-38-3)31(2)13-12-23-22-10-8-21(39-29(37)25-5-4-14-32-25)15-19(22)6-9-24(23)28(20)31/h8,10,15,17,20,23-25,28,32H,4-7,9,11-14,16H2,1-3H3,(H,33,34,36)/b35-26+/t20-,23?,24?,25+,28?,31-/m1/s1. The number of fused-ring (bicyclic) bond motifs is 5. The van der Waals surface area contributed by atoms with E-state index in [1.165, 1.54) is 22.5 Å². The molecule has 0 spiro atoms. The first-order valence-corrected chi connectivity index (χ1v) is 15.6. The smallest absolute Gasteiger partial charge is 0.328 e. The summed E-state index contributed by atoms with van der Waals surface area (Å²) in [5, 5.41) is 11.4. The van der Waals surface area contributed by atoms with Crippen LogP contribution < -0.4 is 15.4 Å². The van der Waals surface area contributed by atoms with Crippen molar-refractivity contribution in [3.63, 3.8) is 0 Å². The number of hydrogen-bond donors (Lipinski definition) is 2. The Bertz CT molecular complexity index is 1300. The number of nitrogens with one attached hydrogen (secondary N) is 2. The largest absolute Gasteiger partial charge is 0.425 e. The molecule has 2 N–H and O–H groups in total. The summed E-state index contributed by atoms with van der Waals surface area (Å²) < 4.78 is 5.77. The third-order valence-electron chi connectivity index (χ3n) is 9.95. The number of aryl methyl sites for hydroxylation is 2. The van der Waals surface area contributed by atoms with E-state index in [2.05, 4.69) is 39.8 Å². The highest BCUT2D eigenvalue weighted by atomic mass is 32.1. The molecule has 4 aliphatic rings. The number of anilines is 1. The maximum Gasteiger partial charge on any atom is 0.328 e. The first-order valence-electron chi connectivity index (χ1n) is 14.8. The summed E-state index contributed by atoms with van der Waals surface area (Å²) in [6.07, 6.45) is 10.1. The van der Waals surface area contributed by atoms with Gasteiger partial charge in [-0.25, -0.2) is 9.78 Å². The van der Waals surface area contributed by atoms with E-state index >= 15 is 0 Å². The Morgan fingerprint density at radius 2 is 2.15 bits per heavy atom. The molecule has 40 heavy (non-hydrogen) atoms. The van der Waals surface area contributed by atoms with Crippen molar-refractivity contribution in [3.05, 3.63) is 40.4 Å². The van der Waals surface area contributed by atoms with Gasteiger partial charge in [0.1, 0.15) is 18.9 Å². The summed E-state index contributed by atoms with van der Waals surface area (Å²) >= 11 is 1.51. The van der Waals surface area contributed by atoms with E-state index in [1.807, 2.05) is 13.0 Å². The maximum atomic E-state index is 12.8. The third-order valence-corrected chi connectivity index (χ3v) is 10.8. The van der Waals surface area contributed by atoms with E-state index in [0.29, 0.717) is 41.0 Å². The zero-order valence-electron chi connectivity index (χ0n) is 23.7. The van der Waals surface area contributed by atoms with E-state index in [4.69, 9.17) is 9.57 Å². The molecule has 2 heterocycles. The van der Waals surface area contributed by atoms with Crippen LogP contribution in [0, 0.1) is 30.1 Å². The predicted molar refractivity (Wildman–Crippen MR) is 156 cm³/mol. The molecule has 1 aliphatic heterocycles. The van der Waals surface area contributed by atoms with Gasteiger partial charge >= 0.3 is 5.97 Å². The molecule has 1 amide bonds. The van der Waals surface area contributed by atoms with Gasteiger partial charge in [-0.15, -0.1) is 11.3 Å². The summed E-state index contributed by atoms with van der Waals surface area (Å²) in [5.41, 5.74) is 3.87. The second-order valence-electron chi connectivity index (χ2n) is 12.3. The minimum Gasteiger partial charge on any atom is -0.425 e. The average molecular weight is 565 g/mol. The number of hydrogen-bond acceptors (Lipinski definition) is 8. The quantitative estimate of drug-likeness (QED) is 0.257. The van der Waals surface area contributed by atoms with Crippen LogP contribution in [-0.4, -0.2) is 42.3 Å². The van der Waals surface area contributed by atoms with E-state index < -0.39 is 0 Å². The number of rotatable bonds is 7. The number of aromatic nitrogens is 1. The van der Waals surface area contributed by atoms with Crippen LogP contribution in [0.2, 0.25) is 0 Å². The Morgan fingerprint density at radius 3 is 2.90 bits per heavy atom. The maximum absolute atomic E-state index is 12.8. The summed E-state index contributed by atoms with van der Waals surface area (Å²) in [4.78, 5) is 36.1. The van der Waals surface area contributed by atoms with Gasteiger partial charge in [0, 0.05) is 22.9 Å². The molecule has 3 unspecified atom stereocenters. The third kappa shape index (κ3) is 5.18. The summed E-state index contributed by atoms with van der Waals surface area (Å²) in [7, 11) is 1.64. The number of nitrogens with zero attached hydrogens (tertiary/aromatic N) is 2. The second-order valence-corrected chi connectivity index (χ2v) is 13.5. The molecule has 3 aliphatic carbocycles. The van der Waals surface area contributed by atoms with Crippen LogP contribution >= 0.6 is 11.3 Å². The Morgan fingerprint density at radius 1 is 1.27 bits per heavy atom. The van der Waals surface area contributed by atoms with Crippen LogP contribution in [0.3, 0.4) is 0 Å². The number of benzene rings is 1.